The largest absolute Gasteiger partial charge is 0.465 e. The zero-order valence-electron chi connectivity index (χ0n) is 21.8. The van der Waals surface area contributed by atoms with E-state index >= 15 is 0 Å². The summed E-state index contributed by atoms with van der Waals surface area (Å²) >= 11 is 1.57. The minimum atomic E-state index is -0.263. The number of aromatic nitrogens is 1. The molecular weight excluding hydrogens is 486 g/mol. The highest BCUT2D eigenvalue weighted by atomic mass is 32.1. The maximum atomic E-state index is 13.2. The molecule has 0 radical (unpaired) electrons. The zero-order chi connectivity index (χ0) is 26.0. The number of amides is 1. The smallest absolute Gasteiger partial charge is 0.320 e. The van der Waals surface area contributed by atoms with Gasteiger partial charge in [-0.2, -0.15) is 4.37 Å². The van der Waals surface area contributed by atoms with E-state index in [9.17, 15) is 9.59 Å². The molecular formula is C28H37N5O3S. The predicted octanol–water partition coefficient (Wildman–Crippen LogP) is 3.73. The van der Waals surface area contributed by atoms with Gasteiger partial charge in [0.2, 0.25) is 5.91 Å². The van der Waals surface area contributed by atoms with E-state index in [-0.39, 0.29) is 18.4 Å². The normalized spacial score (nSPS) is 14.3. The minimum absolute atomic E-state index is 0.0714. The molecule has 4 rings (SSSR count). The van der Waals surface area contributed by atoms with Crippen molar-refractivity contribution in [2.24, 2.45) is 0 Å². The summed E-state index contributed by atoms with van der Waals surface area (Å²) in [6, 6.07) is 18.3. The van der Waals surface area contributed by atoms with Crippen LogP contribution in [0, 0.1) is 0 Å². The fourth-order valence-corrected chi connectivity index (χ4v) is 5.47. The maximum Gasteiger partial charge on any atom is 0.320 e. The van der Waals surface area contributed by atoms with E-state index in [0.717, 1.165) is 50.6 Å². The Morgan fingerprint density at radius 2 is 1.73 bits per heavy atom. The second-order valence-corrected chi connectivity index (χ2v) is 10.2. The second kappa shape index (κ2) is 13.5. The Hall–Kier alpha value is -3.01. The van der Waals surface area contributed by atoms with Crippen molar-refractivity contribution in [3.8, 4) is 0 Å². The standard InChI is InChI=1S/C28H37N5O3S/c1-3-36-27(35)22-30(2)17-14-26(34)33(23-10-5-4-6-11-23)16-9-15-31-18-20-32(21-19-31)28-24-12-7-8-13-25(24)37-29-28/h4-8,10-13H,3,9,14-22H2,1-2H3. The third kappa shape index (κ3) is 7.50. The molecule has 2 aromatic carbocycles. The third-order valence-corrected chi connectivity index (χ3v) is 7.48. The first-order valence-corrected chi connectivity index (χ1v) is 13.8. The van der Waals surface area contributed by atoms with E-state index in [1.54, 1.807) is 18.5 Å². The van der Waals surface area contributed by atoms with Gasteiger partial charge in [0.1, 0.15) is 5.82 Å². The number of nitrogens with zero attached hydrogens (tertiary/aromatic N) is 5. The molecule has 3 aromatic rings. The predicted molar refractivity (Wildman–Crippen MR) is 150 cm³/mol. The topological polar surface area (TPSA) is 69.2 Å². The second-order valence-electron chi connectivity index (χ2n) is 9.36. The van der Waals surface area contributed by atoms with Crippen molar-refractivity contribution in [1.29, 1.82) is 0 Å². The van der Waals surface area contributed by atoms with Crippen molar-refractivity contribution >= 4 is 45.0 Å². The third-order valence-electron chi connectivity index (χ3n) is 6.67. The van der Waals surface area contributed by atoms with Crippen LogP contribution in [-0.2, 0) is 14.3 Å². The molecule has 0 saturated carbocycles. The number of ether oxygens (including phenoxy) is 1. The first-order chi connectivity index (χ1) is 18.0. The number of benzene rings is 2. The number of piperazine rings is 1. The van der Waals surface area contributed by atoms with E-state index in [2.05, 4.69) is 34.1 Å². The SMILES string of the molecule is CCOC(=O)CN(C)CCC(=O)N(CCCN1CCN(c2nsc3ccccc23)CC1)c1ccccc1. The lowest BCUT2D eigenvalue weighted by molar-refractivity contribution is -0.144. The number of esters is 1. The Morgan fingerprint density at radius 3 is 2.49 bits per heavy atom. The van der Waals surface area contributed by atoms with Crippen LogP contribution in [0.1, 0.15) is 19.8 Å². The lowest BCUT2D eigenvalue weighted by atomic mass is 10.2. The quantitative estimate of drug-likeness (QED) is 0.335. The maximum absolute atomic E-state index is 13.2. The van der Waals surface area contributed by atoms with Crippen LogP contribution in [0.4, 0.5) is 11.5 Å². The summed E-state index contributed by atoms with van der Waals surface area (Å²) in [5.74, 6) is 0.914. The van der Waals surface area contributed by atoms with Gasteiger partial charge in [-0.15, -0.1) is 0 Å². The molecule has 0 spiro atoms. The molecule has 0 unspecified atom stereocenters. The van der Waals surface area contributed by atoms with Crippen molar-refractivity contribution in [2.45, 2.75) is 19.8 Å². The van der Waals surface area contributed by atoms with Crippen LogP contribution in [-0.4, -0.2) is 92.1 Å². The number of carbonyl (C=O) groups is 2. The van der Waals surface area contributed by atoms with Crippen LogP contribution >= 0.6 is 11.5 Å². The van der Waals surface area contributed by atoms with Gasteiger partial charge in [0.05, 0.1) is 17.9 Å². The molecule has 0 atom stereocenters. The van der Waals surface area contributed by atoms with Gasteiger partial charge in [-0.1, -0.05) is 30.3 Å². The molecule has 37 heavy (non-hydrogen) atoms. The van der Waals surface area contributed by atoms with Gasteiger partial charge in [-0.25, -0.2) is 0 Å². The molecule has 0 bridgehead atoms. The first-order valence-electron chi connectivity index (χ1n) is 13.1. The van der Waals surface area contributed by atoms with Crippen molar-refractivity contribution in [3.05, 3.63) is 54.6 Å². The number of fused-ring (bicyclic) bond motifs is 1. The first kappa shape index (κ1) is 27.0. The minimum Gasteiger partial charge on any atom is -0.465 e. The highest BCUT2D eigenvalue weighted by Gasteiger charge is 2.22. The fourth-order valence-electron chi connectivity index (χ4n) is 4.67. The molecule has 1 aromatic heterocycles. The lowest BCUT2D eigenvalue weighted by Crippen LogP contribution is -2.47. The zero-order valence-corrected chi connectivity index (χ0v) is 22.7. The van der Waals surface area contributed by atoms with Crippen LogP contribution in [0.2, 0.25) is 0 Å². The van der Waals surface area contributed by atoms with Gasteiger partial charge in [0.15, 0.2) is 0 Å². The van der Waals surface area contributed by atoms with Gasteiger partial charge in [0.25, 0.3) is 0 Å². The monoisotopic (exact) mass is 523 g/mol. The van der Waals surface area contributed by atoms with Gasteiger partial charge < -0.3 is 14.5 Å². The Labute approximate surface area is 223 Å². The molecule has 1 fully saturated rings. The number of hydrogen-bond donors (Lipinski definition) is 0. The van der Waals surface area contributed by atoms with E-state index in [1.165, 1.54) is 10.1 Å². The van der Waals surface area contributed by atoms with E-state index in [1.807, 2.05) is 47.2 Å². The molecule has 8 nitrogen and oxygen atoms in total. The van der Waals surface area contributed by atoms with Crippen molar-refractivity contribution in [3.63, 3.8) is 0 Å². The summed E-state index contributed by atoms with van der Waals surface area (Å²) in [6.45, 7) is 8.37. The van der Waals surface area contributed by atoms with Gasteiger partial charge >= 0.3 is 5.97 Å². The van der Waals surface area contributed by atoms with Crippen LogP contribution in [0.25, 0.3) is 10.1 Å². The summed E-state index contributed by atoms with van der Waals surface area (Å²) in [7, 11) is 1.84. The summed E-state index contributed by atoms with van der Waals surface area (Å²) in [5.41, 5.74) is 0.917. The van der Waals surface area contributed by atoms with Crippen LogP contribution < -0.4 is 9.80 Å². The average Bonchev–Trinajstić information content (AvgIpc) is 3.35. The summed E-state index contributed by atoms with van der Waals surface area (Å²) in [6.07, 6.45) is 1.25. The Morgan fingerprint density at radius 1 is 1.00 bits per heavy atom. The van der Waals surface area contributed by atoms with Crippen molar-refractivity contribution in [1.82, 2.24) is 14.2 Å². The Kier molecular flexibility index (Phi) is 9.87. The number of rotatable bonds is 12. The molecule has 0 N–H and O–H groups in total. The van der Waals surface area contributed by atoms with Crippen LogP contribution in [0.15, 0.2) is 54.6 Å². The van der Waals surface area contributed by atoms with Gasteiger partial charge in [-0.3, -0.25) is 19.4 Å². The molecule has 9 heteroatoms. The highest BCUT2D eigenvalue weighted by molar-refractivity contribution is 7.13. The molecule has 0 aliphatic carbocycles. The van der Waals surface area contributed by atoms with Crippen molar-refractivity contribution in [2.75, 3.05) is 75.8 Å². The number of anilines is 2. The molecule has 198 valence electrons. The number of likely N-dealkylation sites (N-methyl/N-ethyl adjacent to an activating group) is 1. The molecule has 1 aliphatic heterocycles. The number of para-hydroxylation sites is 1. The lowest BCUT2D eigenvalue weighted by Gasteiger charge is -2.35. The summed E-state index contributed by atoms with van der Waals surface area (Å²) in [4.78, 5) is 33.5. The molecule has 1 amide bonds. The summed E-state index contributed by atoms with van der Waals surface area (Å²) in [5, 5.41) is 1.24. The van der Waals surface area contributed by atoms with E-state index < -0.39 is 0 Å². The Balaban J connectivity index is 1.26. The number of hydrogen-bond acceptors (Lipinski definition) is 8. The molecule has 1 aliphatic rings. The number of carbonyl (C=O) groups excluding carboxylic acids is 2. The van der Waals surface area contributed by atoms with Gasteiger partial charge in [-0.05, 0) is 62.7 Å². The van der Waals surface area contributed by atoms with E-state index in [0.29, 0.717) is 26.1 Å². The van der Waals surface area contributed by atoms with Gasteiger partial charge in [0, 0.05) is 56.8 Å². The van der Waals surface area contributed by atoms with E-state index in [4.69, 9.17) is 9.11 Å². The van der Waals surface area contributed by atoms with Crippen LogP contribution in [0.5, 0.6) is 0 Å². The molecule has 2 heterocycles. The summed E-state index contributed by atoms with van der Waals surface area (Å²) < 4.78 is 11.0. The average molecular weight is 524 g/mol. The van der Waals surface area contributed by atoms with Crippen molar-refractivity contribution < 1.29 is 14.3 Å². The van der Waals surface area contributed by atoms with Crippen LogP contribution in [0.3, 0.4) is 0 Å². The molecule has 1 saturated heterocycles. The fraction of sp³-hybridized carbons (Fsp3) is 0.464. The highest BCUT2D eigenvalue weighted by Crippen LogP contribution is 2.29. The Bertz CT molecular complexity index is 1150.